The molecule has 6 rings (SSSR count). The highest BCUT2D eigenvalue weighted by molar-refractivity contribution is 7.89. The van der Waals surface area contributed by atoms with Crippen LogP contribution in [0.4, 0.5) is 0 Å². The van der Waals surface area contributed by atoms with Crippen LogP contribution in [0.15, 0.2) is 76.5 Å². The monoisotopic (exact) mass is 667 g/mol. The fourth-order valence-corrected chi connectivity index (χ4v) is 9.59. The molecule has 0 spiro atoms. The first kappa shape index (κ1) is 32.6. The minimum Gasteiger partial charge on any atom is -0.508 e. The summed E-state index contributed by atoms with van der Waals surface area (Å²) in [4.78, 5) is 15.3. The molecule has 5 atom stereocenters. The van der Waals surface area contributed by atoms with E-state index in [2.05, 4.69) is 13.0 Å². The van der Waals surface area contributed by atoms with Crippen molar-refractivity contribution in [3.8, 4) is 5.75 Å². The van der Waals surface area contributed by atoms with E-state index >= 15 is 0 Å². The third-order valence-electron chi connectivity index (χ3n) is 10.5. The minimum atomic E-state index is -3.93. The van der Waals surface area contributed by atoms with E-state index in [4.69, 9.17) is 15.0 Å². The molecule has 3 unspecified atom stereocenters. The van der Waals surface area contributed by atoms with Crippen molar-refractivity contribution < 1.29 is 31.5 Å². The zero-order valence-corrected chi connectivity index (χ0v) is 27.5. The molecule has 12 heteroatoms. The van der Waals surface area contributed by atoms with Gasteiger partial charge in [-0.05, 0) is 115 Å². The number of hydrogen-bond acceptors (Lipinski definition) is 8. The fourth-order valence-electron chi connectivity index (χ4n) is 8.42. The van der Waals surface area contributed by atoms with Crippen molar-refractivity contribution in [2.24, 2.45) is 27.5 Å². The quantitative estimate of drug-likeness (QED) is 0.286. The second kappa shape index (κ2) is 12.4. The standard InChI is InChI=1S/C34H41N3O7S2/c1-34-15-14-29-28-11-9-25(38)18-24(28)8-10-30(29)31(34)12-13-32(34)44-33(39)21-37(19-22-4-2-6-26(16-22)45(35,40)41)20-23-5-3-7-27(17-23)46(36,42)43/h2-7,9,11,16-18,29-32,38H,8,10,12-15,19-21H2,1H3,(H2,35,40,41)(H2,36,42,43)/t29?,30?,31?,32-,34-/m0/s1. The number of nitrogens with two attached hydrogens (primary N) is 2. The number of benzene rings is 3. The maximum Gasteiger partial charge on any atom is 0.320 e. The van der Waals surface area contributed by atoms with Gasteiger partial charge in [-0.25, -0.2) is 27.1 Å². The largest absolute Gasteiger partial charge is 0.508 e. The summed E-state index contributed by atoms with van der Waals surface area (Å²) in [6.07, 6.45) is 5.53. The van der Waals surface area contributed by atoms with Gasteiger partial charge in [0.05, 0.1) is 16.3 Å². The van der Waals surface area contributed by atoms with E-state index in [-0.39, 0.29) is 46.9 Å². The Bertz CT molecular complexity index is 1790. The molecule has 0 saturated heterocycles. The molecule has 3 aromatic carbocycles. The number of fused-ring (bicyclic) bond motifs is 5. The second-order valence-corrected chi connectivity index (χ2v) is 16.6. The Kier molecular flexibility index (Phi) is 8.79. The van der Waals surface area contributed by atoms with E-state index in [0.29, 0.717) is 34.6 Å². The number of aromatic hydroxyl groups is 1. The van der Waals surface area contributed by atoms with Gasteiger partial charge in [0.15, 0.2) is 0 Å². The van der Waals surface area contributed by atoms with Crippen LogP contribution in [-0.4, -0.2) is 45.5 Å². The molecular formula is C34H41N3O7S2. The number of hydrogen-bond donors (Lipinski definition) is 3. The Morgan fingerprint density at radius 1 is 0.891 bits per heavy atom. The van der Waals surface area contributed by atoms with Crippen molar-refractivity contribution >= 4 is 26.0 Å². The Labute approximate surface area is 270 Å². The van der Waals surface area contributed by atoms with Crippen LogP contribution in [0.5, 0.6) is 5.75 Å². The van der Waals surface area contributed by atoms with Crippen LogP contribution in [-0.2, 0) is 49.1 Å². The van der Waals surface area contributed by atoms with E-state index in [9.17, 15) is 26.7 Å². The van der Waals surface area contributed by atoms with Gasteiger partial charge in [-0.2, -0.15) is 0 Å². The van der Waals surface area contributed by atoms with Crippen LogP contribution in [0.3, 0.4) is 0 Å². The molecule has 0 aliphatic heterocycles. The van der Waals surface area contributed by atoms with Crippen molar-refractivity contribution in [3.05, 3.63) is 89.0 Å². The molecule has 2 saturated carbocycles. The van der Waals surface area contributed by atoms with Crippen molar-refractivity contribution in [3.63, 3.8) is 0 Å². The molecule has 0 aromatic heterocycles. The zero-order valence-electron chi connectivity index (χ0n) is 25.8. The molecule has 3 aliphatic carbocycles. The average Bonchev–Trinajstić information content (AvgIpc) is 3.32. The number of phenolic OH excluding ortho intramolecular Hbond substituents is 1. The van der Waals surface area contributed by atoms with Gasteiger partial charge in [0.1, 0.15) is 11.9 Å². The van der Waals surface area contributed by atoms with Crippen LogP contribution in [0.25, 0.3) is 0 Å². The molecule has 0 amide bonds. The summed E-state index contributed by atoms with van der Waals surface area (Å²) in [5.41, 5.74) is 3.71. The van der Waals surface area contributed by atoms with Gasteiger partial charge in [-0.1, -0.05) is 37.3 Å². The molecule has 46 heavy (non-hydrogen) atoms. The number of nitrogens with zero attached hydrogens (tertiary/aromatic N) is 1. The average molecular weight is 668 g/mol. The topological polar surface area (TPSA) is 170 Å². The molecule has 3 aliphatic rings. The number of primary sulfonamides is 2. The van der Waals surface area contributed by atoms with E-state index < -0.39 is 20.0 Å². The van der Waals surface area contributed by atoms with Gasteiger partial charge < -0.3 is 9.84 Å². The summed E-state index contributed by atoms with van der Waals surface area (Å²) in [6, 6.07) is 18.2. The number of carbonyl (C=O) groups excluding carboxylic acids is 1. The number of sulfonamides is 2. The second-order valence-electron chi connectivity index (χ2n) is 13.4. The Hall–Kier alpha value is -3.29. The molecule has 246 valence electrons. The van der Waals surface area contributed by atoms with Gasteiger partial charge in [0.25, 0.3) is 0 Å². The normalized spacial score (nSPS) is 25.8. The highest BCUT2D eigenvalue weighted by Crippen LogP contribution is 2.61. The van der Waals surface area contributed by atoms with Gasteiger partial charge in [-0.15, -0.1) is 0 Å². The summed E-state index contributed by atoms with van der Waals surface area (Å²) in [7, 11) is -7.86. The van der Waals surface area contributed by atoms with Crippen LogP contribution in [0.1, 0.15) is 67.2 Å². The van der Waals surface area contributed by atoms with Crippen LogP contribution < -0.4 is 10.3 Å². The van der Waals surface area contributed by atoms with E-state index in [1.54, 1.807) is 35.2 Å². The van der Waals surface area contributed by atoms with Crippen molar-refractivity contribution in [1.82, 2.24) is 4.90 Å². The highest BCUT2D eigenvalue weighted by Gasteiger charge is 2.56. The Morgan fingerprint density at radius 3 is 2.13 bits per heavy atom. The fraction of sp³-hybridized carbons (Fsp3) is 0.441. The summed E-state index contributed by atoms with van der Waals surface area (Å²) >= 11 is 0. The first-order chi connectivity index (χ1) is 21.7. The third kappa shape index (κ3) is 6.72. The van der Waals surface area contributed by atoms with Crippen molar-refractivity contribution in [2.45, 2.75) is 80.4 Å². The van der Waals surface area contributed by atoms with Gasteiger partial charge in [0, 0.05) is 18.5 Å². The molecule has 3 aromatic rings. The lowest BCUT2D eigenvalue weighted by Crippen LogP contribution is -2.45. The SMILES string of the molecule is C[C@]12CCC3c4ccc(O)cc4CCC3C1CC[C@@H]2OC(=O)CN(Cc1cccc(S(N)(=O)=O)c1)Cc1cccc(S(N)(=O)=O)c1. The highest BCUT2D eigenvalue weighted by atomic mass is 32.2. The minimum absolute atomic E-state index is 0.0357. The van der Waals surface area contributed by atoms with E-state index in [1.165, 1.54) is 35.4 Å². The molecule has 0 radical (unpaired) electrons. The molecule has 10 nitrogen and oxygen atoms in total. The van der Waals surface area contributed by atoms with Gasteiger partial charge in [-0.3, -0.25) is 9.69 Å². The Balaban J connectivity index is 1.19. The Morgan fingerprint density at radius 2 is 1.52 bits per heavy atom. The van der Waals surface area contributed by atoms with Crippen LogP contribution in [0, 0.1) is 17.3 Å². The number of phenols is 1. The first-order valence-corrected chi connectivity index (χ1v) is 18.8. The number of aryl methyl sites for hydroxylation is 1. The van der Waals surface area contributed by atoms with E-state index in [0.717, 1.165) is 38.5 Å². The molecule has 0 bridgehead atoms. The number of rotatable bonds is 9. The van der Waals surface area contributed by atoms with Crippen molar-refractivity contribution in [1.29, 1.82) is 0 Å². The number of carbonyl (C=O) groups is 1. The van der Waals surface area contributed by atoms with Crippen LogP contribution in [0.2, 0.25) is 0 Å². The first-order valence-electron chi connectivity index (χ1n) is 15.7. The van der Waals surface area contributed by atoms with Gasteiger partial charge in [0.2, 0.25) is 20.0 Å². The molecule has 2 fully saturated rings. The lowest BCUT2D eigenvalue weighted by atomic mass is 9.55. The smallest absolute Gasteiger partial charge is 0.320 e. The molecule has 5 N–H and O–H groups in total. The summed E-state index contributed by atoms with van der Waals surface area (Å²) in [5.74, 6) is 1.32. The van der Waals surface area contributed by atoms with E-state index in [1.807, 2.05) is 6.07 Å². The summed E-state index contributed by atoms with van der Waals surface area (Å²) in [6.45, 7) is 2.57. The molecular weight excluding hydrogens is 627 g/mol. The third-order valence-corrected chi connectivity index (χ3v) is 12.3. The lowest BCUT2D eigenvalue weighted by Gasteiger charge is -2.50. The number of esters is 1. The number of ether oxygens (including phenoxy) is 1. The summed E-state index contributed by atoms with van der Waals surface area (Å²) < 4.78 is 54.2. The lowest BCUT2D eigenvalue weighted by molar-refractivity contribution is -0.159. The summed E-state index contributed by atoms with van der Waals surface area (Å²) in [5, 5.41) is 20.7. The maximum atomic E-state index is 13.6. The van der Waals surface area contributed by atoms with Crippen LogP contribution >= 0.6 is 0 Å². The van der Waals surface area contributed by atoms with Crippen molar-refractivity contribution in [2.75, 3.05) is 6.54 Å². The predicted octanol–water partition coefficient (Wildman–Crippen LogP) is 4.16. The maximum absolute atomic E-state index is 13.6. The predicted molar refractivity (Wildman–Crippen MR) is 172 cm³/mol. The molecule has 0 heterocycles. The zero-order chi connectivity index (χ0) is 32.9. The van der Waals surface area contributed by atoms with Gasteiger partial charge >= 0.3 is 5.97 Å².